The maximum Gasteiger partial charge on any atom is 0.338 e. The largest absolute Gasteiger partial charge is 0.452 e. The highest BCUT2D eigenvalue weighted by Crippen LogP contribution is 2.14. The number of anilines is 1. The lowest BCUT2D eigenvalue weighted by molar-refractivity contribution is -0.119. The molecule has 5 nitrogen and oxygen atoms in total. The van der Waals surface area contributed by atoms with Crippen molar-refractivity contribution < 1.29 is 14.3 Å². The monoisotopic (exact) mass is 308 g/mol. The van der Waals surface area contributed by atoms with Crippen molar-refractivity contribution in [1.29, 1.82) is 5.26 Å². The molecule has 116 valence electrons. The topological polar surface area (TPSA) is 79.2 Å². The van der Waals surface area contributed by atoms with Crippen LogP contribution in [0.15, 0.2) is 42.5 Å². The lowest BCUT2D eigenvalue weighted by Gasteiger charge is -2.09. The third kappa shape index (κ3) is 4.17. The highest BCUT2D eigenvalue weighted by Gasteiger charge is 2.13. The molecule has 5 heteroatoms. The molecular weight excluding hydrogens is 292 g/mol. The summed E-state index contributed by atoms with van der Waals surface area (Å²) in [7, 11) is 0. The maximum atomic E-state index is 12.0. The molecule has 0 radical (unpaired) electrons. The average molecular weight is 308 g/mol. The summed E-state index contributed by atoms with van der Waals surface area (Å²) in [6, 6.07) is 13.8. The lowest BCUT2D eigenvalue weighted by Crippen LogP contribution is -2.21. The zero-order valence-corrected chi connectivity index (χ0v) is 12.9. The predicted molar refractivity (Wildman–Crippen MR) is 86.0 cm³/mol. The van der Waals surface area contributed by atoms with Gasteiger partial charge in [-0.3, -0.25) is 4.79 Å². The van der Waals surface area contributed by atoms with Crippen LogP contribution >= 0.6 is 0 Å². The highest BCUT2D eigenvalue weighted by molar-refractivity contribution is 5.96. The fourth-order valence-corrected chi connectivity index (χ4v) is 2.01. The Balaban J connectivity index is 1.92. The SMILES string of the molecule is Cc1cccc(C(=O)OCC(=O)Nc2ccc(C#N)cc2)c1C. The van der Waals surface area contributed by atoms with Gasteiger partial charge in [0.25, 0.3) is 5.91 Å². The number of nitrogens with zero attached hydrogens (tertiary/aromatic N) is 1. The van der Waals surface area contributed by atoms with Crippen LogP contribution in [0.1, 0.15) is 27.0 Å². The number of amides is 1. The van der Waals surface area contributed by atoms with Gasteiger partial charge in [-0.15, -0.1) is 0 Å². The minimum Gasteiger partial charge on any atom is -0.452 e. The van der Waals surface area contributed by atoms with Crippen molar-refractivity contribution in [2.75, 3.05) is 11.9 Å². The predicted octanol–water partition coefficient (Wildman–Crippen LogP) is 2.97. The number of aryl methyl sites for hydroxylation is 1. The molecule has 0 heterocycles. The second-order valence-corrected chi connectivity index (χ2v) is 5.06. The van der Waals surface area contributed by atoms with Gasteiger partial charge in [-0.2, -0.15) is 5.26 Å². The van der Waals surface area contributed by atoms with Gasteiger partial charge in [0, 0.05) is 5.69 Å². The van der Waals surface area contributed by atoms with Crippen LogP contribution in [0, 0.1) is 25.2 Å². The molecule has 0 fully saturated rings. The van der Waals surface area contributed by atoms with Gasteiger partial charge in [0.15, 0.2) is 6.61 Å². The van der Waals surface area contributed by atoms with Crippen LogP contribution < -0.4 is 5.32 Å². The minimum absolute atomic E-state index is 0.369. The Morgan fingerprint density at radius 1 is 1.13 bits per heavy atom. The van der Waals surface area contributed by atoms with E-state index in [-0.39, 0.29) is 6.61 Å². The first kappa shape index (κ1) is 16.2. The molecule has 2 aromatic rings. The molecule has 1 N–H and O–H groups in total. The summed E-state index contributed by atoms with van der Waals surface area (Å²) >= 11 is 0. The van der Waals surface area contributed by atoms with Crippen molar-refractivity contribution in [3.8, 4) is 6.07 Å². The third-order valence-corrected chi connectivity index (χ3v) is 3.46. The first-order valence-corrected chi connectivity index (χ1v) is 7.04. The number of esters is 1. The van der Waals surface area contributed by atoms with E-state index in [1.165, 1.54) is 0 Å². The number of nitrogens with one attached hydrogen (secondary N) is 1. The van der Waals surface area contributed by atoms with Crippen molar-refractivity contribution in [1.82, 2.24) is 0 Å². The minimum atomic E-state index is -0.527. The molecular formula is C18H16N2O3. The zero-order chi connectivity index (χ0) is 16.8. The summed E-state index contributed by atoms with van der Waals surface area (Å²) in [6.45, 7) is 3.37. The first-order chi connectivity index (χ1) is 11.0. The summed E-state index contributed by atoms with van der Waals surface area (Å²) in [5, 5.41) is 11.3. The van der Waals surface area contributed by atoms with Gasteiger partial charge < -0.3 is 10.1 Å². The van der Waals surface area contributed by atoms with E-state index in [1.54, 1.807) is 36.4 Å². The Labute approximate surface area is 134 Å². The van der Waals surface area contributed by atoms with Crippen LogP contribution in [0.25, 0.3) is 0 Å². The number of rotatable bonds is 4. The van der Waals surface area contributed by atoms with Crippen LogP contribution in [0.4, 0.5) is 5.69 Å². The highest BCUT2D eigenvalue weighted by atomic mass is 16.5. The molecule has 0 unspecified atom stereocenters. The van der Waals surface area contributed by atoms with Crippen LogP contribution in [-0.2, 0) is 9.53 Å². The van der Waals surface area contributed by atoms with Crippen LogP contribution in [0.2, 0.25) is 0 Å². The molecule has 2 aromatic carbocycles. The zero-order valence-electron chi connectivity index (χ0n) is 12.9. The van der Waals surface area contributed by atoms with E-state index in [9.17, 15) is 9.59 Å². The molecule has 0 aliphatic heterocycles. The Bertz CT molecular complexity index is 774. The van der Waals surface area contributed by atoms with Crippen molar-refractivity contribution in [2.24, 2.45) is 0 Å². The molecule has 0 aromatic heterocycles. The number of hydrogen-bond acceptors (Lipinski definition) is 4. The summed E-state index contributed by atoms with van der Waals surface area (Å²) < 4.78 is 5.04. The van der Waals surface area contributed by atoms with E-state index in [0.717, 1.165) is 11.1 Å². The Hall–Kier alpha value is -3.13. The second kappa shape index (κ2) is 7.23. The average Bonchev–Trinajstić information content (AvgIpc) is 2.56. The Morgan fingerprint density at radius 2 is 1.83 bits per heavy atom. The summed E-state index contributed by atoms with van der Waals surface area (Å²) in [5.41, 5.74) is 3.32. The summed E-state index contributed by atoms with van der Waals surface area (Å²) in [4.78, 5) is 23.8. The van der Waals surface area contributed by atoms with Gasteiger partial charge in [-0.1, -0.05) is 12.1 Å². The van der Waals surface area contributed by atoms with Gasteiger partial charge in [0.05, 0.1) is 17.2 Å². The van der Waals surface area contributed by atoms with Crippen LogP contribution in [0.3, 0.4) is 0 Å². The smallest absolute Gasteiger partial charge is 0.338 e. The van der Waals surface area contributed by atoms with E-state index in [0.29, 0.717) is 16.8 Å². The third-order valence-electron chi connectivity index (χ3n) is 3.46. The van der Waals surface area contributed by atoms with E-state index >= 15 is 0 Å². The Morgan fingerprint density at radius 3 is 2.48 bits per heavy atom. The van der Waals surface area contributed by atoms with Crippen LogP contribution in [-0.4, -0.2) is 18.5 Å². The molecule has 2 rings (SSSR count). The molecule has 0 aliphatic rings. The van der Waals surface area contributed by atoms with Gasteiger partial charge in [-0.25, -0.2) is 4.79 Å². The molecule has 0 saturated carbocycles. The fraction of sp³-hybridized carbons (Fsp3) is 0.167. The number of carbonyl (C=O) groups is 2. The van der Waals surface area contributed by atoms with Gasteiger partial charge in [0.2, 0.25) is 0 Å². The van der Waals surface area contributed by atoms with Crippen molar-refractivity contribution in [2.45, 2.75) is 13.8 Å². The molecule has 0 saturated heterocycles. The molecule has 0 aliphatic carbocycles. The molecule has 0 atom stereocenters. The summed E-state index contributed by atoms with van der Waals surface area (Å²) in [5.74, 6) is -0.963. The number of benzene rings is 2. The lowest BCUT2D eigenvalue weighted by atomic mass is 10.0. The number of carbonyl (C=O) groups excluding carboxylic acids is 2. The standard InChI is InChI=1S/C18H16N2O3/c1-12-4-3-5-16(13(12)2)18(22)23-11-17(21)20-15-8-6-14(10-19)7-9-15/h3-9H,11H2,1-2H3,(H,20,21). The first-order valence-electron chi connectivity index (χ1n) is 7.04. The van der Waals surface area contributed by atoms with E-state index in [2.05, 4.69) is 5.32 Å². The number of hydrogen-bond donors (Lipinski definition) is 1. The summed E-state index contributed by atoms with van der Waals surface area (Å²) in [6.07, 6.45) is 0. The van der Waals surface area contributed by atoms with Crippen molar-refractivity contribution in [3.63, 3.8) is 0 Å². The number of nitriles is 1. The van der Waals surface area contributed by atoms with Gasteiger partial charge >= 0.3 is 5.97 Å². The normalized spacial score (nSPS) is 9.78. The van der Waals surface area contributed by atoms with Crippen LogP contribution in [0.5, 0.6) is 0 Å². The maximum absolute atomic E-state index is 12.0. The van der Waals surface area contributed by atoms with Gasteiger partial charge in [0.1, 0.15) is 0 Å². The Kier molecular flexibility index (Phi) is 5.11. The molecule has 1 amide bonds. The number of ether oxygens (including phenoxy) is 1. The van der Waals surface area contributed by atoms with E-state index in [1.807, 2.05) is 26.0 Å². The van der Waals surface area contributed by atoms with Crippen molar-refractivity contribution >= 4 is 17.6 Å². The second-order valence-electron chi connectivity index (χ2n) is 5.06. The molecule has 23 heavy (non-hydrogen) atoms. The van der Waals surface area contributed by atoms with E-state index in [4.69, 9.17) is 10.00 Å². The van der Waals surface area contributed by atoms with Gasteiger partial charge in [-0.05, 0) is 55.3 Å². The fourth-order valence-electron chi connectivity index (χ4n) is 2.01. The van der Waals surface area contributed by atoms with E-state index < -0.39 is 11.9 Å². The molecule has 0 spiro atoms. The quantitative estimate of drug-likeness (QED) is 0.881. The van der Waals surface area contributed by atoms with Crippen molar-refractivity contribution in [3.05, 3.63) is 64.7 Å². The molecule has 0 bridgehead atoms.